The highest BCUT2D eigenvalue weighted by Gasteiger charge is 2.04. The molecule has 1 heterocycles. The van der Waals surface area contributed by atoms with Crippen molar-refractivity contribution < 1.29 is 13.5 Å². The molecule has 0 bridgehead atoms. The maximum atomic E-state index is 12.9. The molecule has 2 aromatic rings. The predicted octanol–water partition coefficient (Wildman–Crippen LogP) is 3.44. The SMILES string of the molecule is Fc1cc(F)cc(Oc2ncc(CBr)cn2)c1. The zero-order valence-electron chi connectivity index (χ0n) is 8.53. The molecule has 0 unspecified atom stereocenters. The van der Waals surface area contributed by atoms with Gasteiger partial charge in [-0.05, 0) is 5.56 Å². The first kappa shape index (κ1) is 11.9. The van der Waals surface area contributed by atoms with Crippen LogP contribution in [0.4, 0.5) is 8.78 Å². The largest absolute Gasteiger partial charge is 0.424 e. The van der Waals surface area contributed by atoms with E-state index in [2.05, 4.69) is 25.9 Å². The molecule has 0 amide bonds. The van der Waals surface area contributed by atoms with Crippen molar-refractivity contribution in [3.8, 4) is 11.8 Å². The Balaban J connectivity index is 2.19. The van der Waals surface area contributed by atoms with Gasteiger partial charge in [0.05, 0.1) is 0 Å². The lowest BCUT2D eigenvalue weighted by Crippen LogP contribution is -1.93. The van der Waals surface area contributed by atoms with Crippen LogP contribution in [0.2, 0.25) is 0 Å². The van der Waals surface area contributed by atoms with Gasteiger partial charge < -0.3 is 4.74 Å². The van der Waals surface area contributed by atoms with Gasteiger partial charge in [0.2, 0.25) is 0 Å². The van der Waals surface area contributed by atoms with E-state index in [1.165, 1.54) is 0 Å². The highest BCUT2D eigenvalue weighted by Crippen LogP contribution is 2.20. The first-order chi connectivity index (χ1) is 8.17. The second kappa shape index (κ2) is 5.18. The molecular weight excluding hydrogens is 294 g/mol. The van der Waals surface area contributed by atoms with Crippen LogP contribution in [-0.4, -0.2) is 9.97 Å². The van der Waals surface area contributed by atoms with Crippen LogP contribution in [0.1, 0.15) is 5.56 Å². The zero-order chi connectivity index (χ0) is 12.3. The van der Waals surface area contributed by atoms with Crippen molar-refractivity contribution in [3.05, 3.63) is 47.8 Å². The number of halogens is 3. The summed E-state index contributed by atoms with van der Waals surface area (Å²) in [6.45, 7) is 0. The number of nitrogens with zero attached hydrogens (tertiary/aromatic N) is 2. The average molecular weight is 301 g/mol. The van der Waals surface area contributed by atoms with Crippen LogP contribution in [0.25, 0.3) is 0 Å². The fourth-order valence-corrected chi connectivity index (χ4v) is 1.45. The Morgan fingerprint density at radius 3 is 2.18 bits per heavy atom. The van der Waals surface area contributed by atoms with Gasteiger partial charge in [-0.3, -0.25) is 0 Å². The van der Waals surface area contributed by atoms with Crippen LogP contribution >= 0.6 is 15.9 Å². The molecule has 88 valence electrons. The Morgan fingerprint density at radius 2 is 1.65 bits per heavy atom. The third-order valence-electron chi connectivity index (χ3n) is 1.88. The van der Waals surface area contributed by atoms with E-state index in [9.17, 15) is 8.78 Å². The van der Waals surface area contributed by atoms with E-state index in [1.54, 1.807) is 12.4 Å². The molecule has 1 aromatic heterocycles. The fourth-order valence-electron chi connectivity index (χ4n) is 1.16. The van der Waals surface area contributed by atoms with Crippen molar-refractivity contribution in [3.63, 3.8) is 0 Å². The highest BCUT2D eigenvalue weighted by molar-refractivity contribution is 9.08. The predicted molar refractivity (Wildman–Crippen MR) is 61.1 cm³/mol. The molecule has 0 fully saturated rings. The number of alkyl halides is 1. The van der Waals surface area contributed by atoms with Crippen molar-refractivity contribution in [2.75, 3.05) is 0 Å². The van der Waals surface area contributed by atoms with Gasteiger partial charge in [0.25, 0.3) is 0 Å². The Morgan fingerprint density at radius 1 is 1.06 bits per heavy atom. The summed E-state index contributed by atoms with van der Waals surface area (Å²) in [4.78, 5) is 7.79. The Hall–Kier alpha value is -1.56. The van der Waals surface area contributed by atoms with Crippen LogP contribution in [0, 0.1) is 11.6 Å². The number of aromatic nitrogens is 2. The average Bonchev–Trinajstić information content (AvgIpc) is 2.28. The van der Waals surface area contributed by atoms with Gasteiger partial charge in [-0.15, -0.1) is 0 Å². The summed E-state index contributed by atoms with van der Waals surface area (Å²) >= 11 is 3.25. The Labute approximate surface area is 105 Å². The first-order valence-electron chi connectivity index (χ1n) is 4.68. The van der Waals surface area contributed by atoms with E-state index in [-0.39, 0.29) is 11.8 Å². The van der Waals surface area contributed by atoms with E-state index < -0.39 is 11.6 Å². The lowest BCUT2D eigenvalue weighted by molar-refractivity contribution is 0.432. The van der Waals surface area contributed by atoms with Crippen LogP contribution in [0.5, 0.6) is 11.8 Å². The minimum Gasteiger partial charge on any atom is -0.424 e. The van der Waals surface area contributed by atoms with Crippen molar-refractivity contribution in [1.29, 1.82) is 0 Å². The molecule has 0 aliphatic heterocycles. The van der Waals surface area contributed by atoms with Crippen LogP contribution in [0.15, 0.2) is 30.6 Å². The molecule has 17 heavy (non-hydrogen) atoms. The summed E-state index contributed by atoms with van der Waals surface area (Å²) in [5.41, 5.74) is 0.878. The molecule has 2 rings (SSSR count). The van der Waals surface area contributed by atoms with Crippen LogP contribution < -0.4 is 4.74 Å². The monoisotopic (exact) mass is 300 g/mol. The van der Waals surface area contributed by atoms with E-state index in [1.807, 2.05) is 0 Å². The Kier molecular flexibility index (Phi) is 3.63. The minimum absolute atomic E-state index is 0.0223. The maximum Gasteiger partial charge on any atom is 0.321 e. The normalized spacial score (nSPS) is 10.3. The third-order valence-corrected chi connectivity index (χ3v) is 2.53. The zero-order valence-corrected chi connectivity index (χ0v) is 10.1. The lowest BCUT2D eigenvalue weighted by Gasteiger charge is -2.04. The van der Waals surface area contributed by atoms with Crippen molar-refractivity contribution in [2.24, 2.45) is 0 Å². The van der Waals surface area contributed by atoms with Gasteiger partial charge in [0, 0.05) is 35.9 Å². The van der Waals surface area contributed by atoms with Gasteiger partial charge in [-0.1, -0.05) is 15.9 Å². The summed E-state index contributed by atoms with van der Waals surface area (Å²) in [5.74, 6) is -1.40. The number of hydrogen-bond donors (Lipinski definition) is 0. The fraction of sp³-hybridized carbons (Fsp3) is 0.0909. The summed E-state index contributed by atoms with van der Waals surface area (Å²) in [7, 11) is 0. The van der Waals surface area contributed by atoms with E-state index in [0.717, 1.165) is 23.8 Å². The quantitative estimate of drug-likeness (QED) is 0.815. The molecule has 0 atom stereocenters. The molecule has 0 N–H and O–H groups in total. The van der Waals surface area contributed by atoms with E-state index >= 15 is 0 Å². The van der Waals surface area contributed by atoms with E-state index in [0.29, 0.717) is 5.33 Å². The number of rotatable bonds is 3. The topological polar surface area (TPSA) is 35.0 Å². The van der Waals surface area contributed by atoms with E-state index in [4.69, 9.17) is 4.74 Å². The van der Waals surface area contributed by atoms with Gasteiger partial charge in [0.15, 0.2) is 0 Å². The lowest BCUT2D eigenvalue weighted by atomic mass is 10.3. The summed E-state index contributed by atoms with van der Waals surface area (Å²) < 4.78 is 30.9. The van der Waals surface area contributed by atoms with Gasteiger partial charge >= 0.3 is 6.01 Å². The van der Waals surface area contributed by atoms with Crippen molar-refractivity contribution in [1.82, 2.24) is 9.97 Å². The summed E-state index contributed by atoms with van der Waals surface area (Å²) in [5, 5.41) is 0.627. The minimum atomic E-state index is -0.711. The van der Waals surface area contributed by atoms with Crippen molar-refractivity contribution >= 4 is 15.9 Å². The molecule has 0 spiro atoms. The number of benzene rings is 1. The van der Waals surface area contributed by atoms with Gasteiger partial charge in [-0.2, -0.15) is 0 Å². The third kappa shape index (κ3) is 3.20. The molecular formula is C11H7BrF2N2O. The standard InChI is InChI=1S/C11H7BrF2N2O/c12-4-7-5-15-11(16-6-7)17-10-2-8(13)1-9(14)3-10/h1-3,5-6H,4H2. The highest BCUT2D eigenvalue weighted by atomic mass is 79.9. The number of hydrogen-bond acceptors (Lipinski definition) is 3. The molecule has 6 heteroatoms. The van der Waals surface area contributed by atoms with Gasteiger partial charge in [0.1, 0.15) is 17.4 Å². The molecule has 0 aliphatic carbocycles. The summed E-state index contributed by atoms with van der Waals surface area (Å²) in [6.07, 6.45) is 3.12. The number of ether oxygens (including phenoxy) is 1. The molecule has 0 saturated heterocycles. The molecule has 3 nitrogen and oxygen atoms in total. The second-order valence-electron chi connectivity index (χ2n) is 3.21. The second-order valence-corrected chi connectivity index (χ2v) is 3.78. The van der Waals surface area contributed by atoms with Gasteiger partial charge in [-0.25, -0.2) is 18.7 Å². The first-order valence-corrected chi connectivity index (χ1v) is 5.80. The van der Waals surface area contributed by atoms with Crippen LogP contribution in [-0.2, 0) is 5.33 Å². The Bertz CT molecular complexity index is 499. The molecule has 0 aliphatic rings. The smallest absolute Gasteiger partial charge is 0.321 e. The van der Waals surface area contributed by atoms with Crippen molar-refractivity contribution in [2.45, 2.75) is 5.33 Å². The van der Waals surface area contributed by atoms with Crippen LogP contribution in [0.3, 0.4) is 0 Å². The molecule has 1 aromatic carbocycles. The summed E-state index contributed by atoms with van der Waals surface area (Å²) in [6, 6.07) is 2.93. The maximum absolute atomic E-state index is 12.9. The molecule has 0 saturated carbocycles. The molecule has 0 radical (unpaired) electrons.